The summed E-state index contributed by atoms with van der Waals surface area (Å²) in [6.45, 7) is 6.85. The lowest BCUT2D eigenvalue weighted by Gasteiger charge is -2.34. The molecule has 0 aromatic heterocycles. The molecular formula is C23H26N2O5. The minimum atomic E-state index is -1.55. The maximum Gasteiger partial charge on any atom is 0.324 e. The van der Waals surface area contributed by atoms with Gasteiger partial charge in [-0.3, -0.25) is 24.6 Å². The van der Waals surface area contributed by atoms with Gasteiger partial charge in [-0.1, -0.05) is 30.3 Å². The number of carboxylic acids is 1. The van der Waals surface area contributed by atoms with E-state index in [2.05, 4.69) is 5.32 Å². The van der Waals surface area contributed by atoms with Crippen molar-refractivity contribution in [3.63, 3.8) is 0 Å². The van der Waals surface area contributed by atoms with Gasteiger partial charge < -0.3 is 9.84 Å². The highest BCUT2D eigenvalue weighted by Gasteiger charge is 2.67. The molecule has 2 heterocycles. The first kappa shape index (κ1) is 20.3. The first-order chi connectivity index (χ1) is 14.0. The Balaban J connectivity index is 1.93. The van der Waals surface area contributed by atoms with E-state index in [1.165, 1.54) is 11.8 Å². The molecule has 0 spiro atoms. The molecule has 4 unspecified atom stereocenters. The molecule has 4 rings (SSSR count). The Morgan fingerprint density at radius 2 is 1.73 bits per heavy atom. The third-order valence-corrected chi connectivity index (χ3v) is 6.38. The normalized spacial score (nSPS) is 28.8. The van der Waals surface area contributed by atoms with Gasteiger partial charge in [-0.05, 0) is 44.7 Å². The molecule has 4 atom stereocenters. The second-order valence-corrected chi connectivity index (χ2v) is 9.22. The van der Waals surface area contributed by atoms with Gasteiger partial charge in [-0.15, -0.1) is 0 Å². The Hall–Kier alpha value is -2.93. The number of methoxy groups -OCH3 is 1. The first-order valence-corrected chi connectivity index (χ1v) is 9.97. The van der Waals surface area contributed by atoms with Crippen molar-refractivity contribution >= 4 is 28.6 Å². The van der Waals surface area contributed by atoms with E-state index in [-0.39, 0.29) is 5.91 Å². The van der Waals surface area contributed by atoms with Gasteiger partial charge in [0.05, 0.1) is 18.9 Å². The Morgan fingerprint density at radius 1 is 1.10 bits per heavy atom. The maximum absolute atomic E-state index is 13.4. The number of imide groups is 1. The number of carboxylic acid groups (broad SMARTS) is 1. The Morgan fingerprint density at radius 3 is 2.30 bits per heavy atom. The number of ether oxygens (including phenoxy) is 1. The van der Waals surface area contributed by atoms with E-state index in [4.69, 9.17) is 4.74 Å². The van der Waals surface area contributed by atoms with Crippen LogP contribution in [0.4, 0.5) is 0 Å². The number of hydrogen-bond acceptors (Lipinski definition) is 5. The lowest BCUT2D eigenvalue weighted by molar-refractivity contribution is -0.152. The van der Waals surface area contributed by atoms with Crippen LogP contribution in [0, 0.1) is 11.8 Å². The van der Waals surface area contributed by atoms with Gasteiger partial charge in [-0.25, -0.2) is 0 Å². The summed E-state index contributed by atoms with van der Waals surface area (Å²) in [4.78, 5) is 40.2. The van der Waals surface area contributed by atoms with E-state index >= 15 is 0 Å². The fourth-order valence-corrected chi connectivity index (χ4v) is 5.01. The summed E-state index contributed by atoms with van der Waals surface area (Å²) in [5, 5.41) is 14.9. The summed E-state index contributed by atoms with van der Waals surface area (Å²) in [6.07, 6.45) is 0. The lowest BCUT2D eigenvalue weighted by Crippen LogP contribution is -2.55. The minimum Gasteiger partial charge on any atom is -0.496 e. The van der Waals surface area contributed by atoms with Crippen LogP contribution in [0.3, 0.4) is 0 Å². The molecule has 2 aromatic rings. The van der Waals surface area contributed by atoms with Crippen LogP contribution in [0.1, 0.15) is 39.3 Å². The summed E-state index contributed by atoms with van der Waals surface area (Å²) in [7, 11) is 1.59. The predicted molar refractivity (Wildman–Crippen MR) is 111 cm³/mol. The average Bonchev–Trinajstić information content (AvgIpc) is 3.14. The molecule has 30 heavy (non-hydrogen) atoms. The topological polar surface area (TPSA) is 95.9 Å². The smallest absolute Gasteiger partial charge is 0.324 e. The molecule has 158 valence electrons. The number of amides is 2. The summed E-state index contributed by atoms with van der Waals surface area (Å²) in [5.74, 6) is -3.00. The van der Waals surface area contributed by atoms with Crippen molar-refractivity contribution in [2.75, 3.05) is 7.11 Å². The van der Waals surface area contributed by atoms with Crippen LogP contribution in [0.2, 0.25) is 0 Å². The highest BCUT2D eigenvalue weighted by molar-refractivity contribution is 6.10. The number of fused-ring (bicyclic) bond motifs is 2. The second-order valence-electron chi connectivity index (χ2n) is 9.22. The molecule has 2 fully saturated rings. The molecule has 2 saturated heterocycles. The largest absolute Gasteiger partial charge is 0.496 e. The molecule has 2 N–H and O–H groups in total. The van der Waals surface area contributed by atoms with Crippen molar-refractivity contribution in [1.82, 2.24) is 10.2 Å². The number of carbonyl (C=O) groups is 3. The van der Waals surface area contributed by atoms with Crippen molar-refractivity contribution in [1.29, 1.82) is 0 Å². The van der Waals surface area contributed by atoms with Crippen LogP contribution in [-0.4, -0.2) is 46.0 Å². The van der Waals surface area contributed by atoms with E-state index in [1.807, 2.05) is 36.4 Å². The number of hydrogen-bond donors (Lipinski definition) is 2. The van der Waals surface area contributed by atoms with Crippen molar-refractivity contribution in [3.8, 4) is 5.75 Å². The van der Waals surface area contributed by atoms with E-state index < -0.39 is 40.8 Å². The summed E-state index contributed by atoms with van der Waals surface area (Å²) < 4.78 is 5.47. The monoisotopic (exact) mass is 410 g/mol. The van der Waals surface area contributed by atoms with Crippen LogP contribution in [0.15, 0.2) is 36.4 Å². The van der Waals surface area contributed by atoms with Crippen LogP contribution >= 0.6 is 0 Å². The van der Waals surface area contributed by atoms with Gasteiger partial charge >= 0.3 is 5.97 Å². The van der Waals surface area contributed by atoms with Gasteiger partial charge in [-0.2, -0.15) is 0 Å². The minimum absolute atomic E-state index is 0.333. The first-order valence-electron chi connectivity index (χ1n) is 9.97. The quantitative estimate of drug-likeness (QED) is 0.756. The SMILES string of the molecule is COc1ccc(C2NC(C)(C(=O)O)C3C(=O)N(C(C)(C)C)C(=O)C23)c2ccccc12. The Labute approximate surface area is 175 Å². The molecule has 2 amide bonds. The van der Waals surface area contributed by atoms with Gasteiger partial charge in [0.2, 0.25) is 11.8 Å². The van der Waals surface area contributed by atoms with E-state index in [9.17, 15) is 19.5 Å². The molecule has 2 aliphatic heterocycles. The standard InChI is InChI=1S/C23H26N2O5/c1-22(2,3)25-19(26)16-17(20(25)27)23(4,21(28)29)24-18(16)14-10-11-15(30-5)13-9-7-6-8-12(13)14/h6-11,16-18,24H,1-5H3,(H,28,29). The number of nitrogens with zero attached hydrogens (tertiary/aromatic N) is 1. The summed E-state index contributed by atoms with van der Waals surface area (Å²) in [6, 6.07) is 10.7. The van der Waals surface area contributed by atoms with Crippen LogP contribution in [0.5, 0.6) is 5.75 Å². The number of nitrogens with one attached hydrogen (secondary N) is 1. The fourth-order valence-electron chi connectivity index (χ4n) is 5.01. The van der Waals surface area contributed by atoms with Crippen LogP contribution in [-0.2, 0) is 14.4 Å². The number of likely N-dealkylation sites (tertiary alicyclic amines) is 1. The lowest BCUT2D eigenvalue weighted by atomic mass is 9.80. The summed E-state index contributed by atoms with van der Waals surface area (Å²) >= 11 is 0. The van der Waals surface area contributed by atoms with Crippen LogP contribution < -0.4 is 10.1 Å². The maximum atomic E-state index is 13.4. The number of benzene rings is 2. The third-order valence-electron chi connectivity index (χ3n) is 6.38. The molecule has 2 aliphatic rings. The average molecular weight is 410 g/mol. The Kier molecular flexibility index (Phi) is 4.43. The molecule has 0 aliphatic carbocycles. The fraction of sp³-hybridized carbons (Fsp3) is 0.435. The molecule has 0 bridgehead atoms. The number of aliphatic carboxylic acids is 1. The van der Waals surface area contributed by atoms with Gasteiger partial charge in [0.1, 0.15) is 11.3 Å². The van der Waals surface area contributed by atoms with Crippen molar-refractivity contribution in [2.45, 2.75) is 44.8 Å². The zero-order valence-corrected chi connectivity index (χ0v) is 17.7. The third kappa shape index (κ3) is 2.65. The molecule has 7 nitrogen and oxygen atoms in total. The molecular weight excluding hydrogens is 384 g/mol. The van der Waals surface area contributed by atoms with Gasteiger partial charge in [0.25, 0.3) is 0 Å². The van der Waals surface area contributed by atoms with Crippen molar-refractivity contribution in [3.05, 3.63) is 42.0 Å². The van der Waals surface area contributed by atoms with E-state index in [0.29, 0.717) is 5.75 Å². The van der Waals surface area contributed by atoms with Gasteiger partial charge in [0, 0.05) is 17.0 Å². The molecule has 2 aromatic carbocycles. The predicted octanol–water partition coefficient (Wildman–Crippen LogP) is 2.74. The highest BCUT2D eigenvalue weighted by atomic mass is 16.5. The van der Waals surface area contributed by atoms with Crippen molar-refractivity contribution in [2.24, 2.45) is 11.8 Å². The van der Waals surface area contributed by atoms with E-state index in [0.717, 1.165) is 16.3 Å². The molecule has 0 saturated carbocycles. The zero-order valence-electron chi connectivity index (χ0n) is 17.7. The highest BCUT2D eigenvalue weighted by Crippen LogP contribution is 2.51. The number of carbonyl (C=O) groups excluding carboxylic acids is 2. The second kappa shape index (κ2) is 6.54. The van der Waals surface area contributed by atoms with Crippen molar-refractivity contribution < 1.29 is 24.2 Å². The van der Waals surface area contributed by atoms with Gasteiger partial charge in [0.15, 0.2) is 0 Å². The number of rotatable bonds is 3. The molecule has 0 radical (unpaired) electrons. The molecule has 7 heteroatoms. The summed E-state index contributed by atoms with van der Waals surface area (Å²) in [5.41, 5.74) is -1.50. The van der Waals surface area contributed by atoms with E-state index in [1.54, 1.807) is 27.9 Å². The Bertz CT molecular complexity index is 1070. The van der Waals surface area contributed by atoms with Crippen LogP contribution in [0.25, 0.3) is 10.8 Å². The zero-order chi connectivity index (χ0) is 22.0.